The highest BCUT2D eigenvalue weighted by Crippen LogP contribution is 2.29. The number of anilines is 1. The normalized spacial score (nSPS) is 19.1. The van der Waals surface area contributed by atoms with Crippen LogP contribution in [0.3, 0.4) is 0 Å². The number of nitrogens with zero attached hydrogens (tertiary/aromatic N) is 4. The predicted molar refractivity (Wildman–Crippen MR) is 110 cm³/mol. The number of hydrogen-bond donors (Lipinski definition) is 0. The van der Waals surface area contributed by atoms with Crippen LogP contribution in [0, 0.1) is 0 Å². The maximum atomic E-state index is 12.8. The summed E-state index contributed by atoms with van der Waals surface area (Å²) in [6, 6.07) is 4.19. The van der Waals surface area contributed by atoms with E-state index in [0.29, 0.717) is 29.9 Å². The largest absolute Gasteiger partial charge is 0.479 e. The monoisotopic (exact) mass is 484 g/mol. The number of ether oxygens (including phenoxy) is 2. The Balaban J connectivity index is 1.40. The van der Waals surface area contributed by atoms with E-state index in [1.165, 1.54) is 40.6 Å². The van der Waals surface area contributed by atoms with Gasteiger partial charge in [-0.15, -0.1) is 0 Å². The average molecular weight is 484 g/mol. The van der Waals surface area contributed by atoms with E-state index in [1.54, 1.807) is 6.07 Å². The Morgan fingerprint density at radius 3 is 2.67 bits per heavy atom. The van der Waals surface area contributed by atoms with Crippen LogP contribution in [0.2, 0.25) is 0 Å². The fourth-order valence-electron chi connectivity index (χ4n) is 3.55. The van der Waals surface area contributed by atoms with Gasteiger partial charge in [0.05, 0.1) is 41.8 Å². The molecule has 9 nitrogen and oxygen atoms in total. The Labute approximate surface area is 189 Å². The van der Waals surface area contributed by atoms with Crippen LogP contribution in [-0.4, -0.2) is 68.5 Å². The van der Waals surface area contributed by atoms with Crippen molar-refractivity contribution >= 4 is 28.3 Å². The first-order valence-electron chi connectivity index (χ1n) is 9.82. The van der Waals surface area contributed by atoms with E-state index in [1.807, 2.05) is 0 Å². The van der Waals surface area contributed by atoms with Crippen LogP contribution in [0.25, 0.3) is 0 Å². The highest BCUT2D eigenvalue weighted by Gasteiger charge is 2.36. The summed E-state index contributed by atoms with van der Waals surface area (Å²) in [4.78, 5) is 36.4. The molecule has 1 unspecified atom stereocenters. The summed E-state index contributed by atoms with van der Waals surface area (Å²) in [5.74, 6) is -0.523. The Kier molecular flexibility index (Phi) is 6.23. The Morgan fingerprint density at radius 1 is 1.21 bits per heavy atom. The van der Waals surface area contributed by atoms with Gasteiger partial charge in [0.1, 0.15) is 5.75 Å². The number of rotatable bonds is 7. The molecule has 2 atom stereocenters. The molecule has 2 amide bonds. The number of fused-ring (bicyclic) bond motifs is 1. The van der Waals surface area contributed by atoms with Crippen LogP contribution >= 0.6 is 0 Å². The summed E-state index contributed by atoms with van der Waals surface area (Å²) in [5, 5.41) is 0. The predicted octanol–water partition coefficient (Wildman–Crippen LogP) is 1.89. The molecule has 0 bridgehead atoms. The van der Waals surface area contributed by atoms with E-state index in [-0.39, 0.29) is 35.9 Å². The number of aromatic nitrogens is 2. The van der Waals surface area contributed by atoms with E-state index in [4.69, 9.17) is 4.74 Å². The molecule has 2 aromatic rings. The van der Waals surface area contributed by atoms with Crippen LogP contribution in [0.15, 0.2) is 30.6 Å². The molecular formula is C20H19F3N4O5S. The standard InChI is InChI=1S/C20H19F3N4O5S/c1-33(30)11-26-9-15-14(18(26)28)6-12(7-24-15)27-5-4-16(19(27)29)32-13-2-3-17(25-8-13)31-10-20(21,22)23/h2-3,6-8,16H,4-5,9-11H2,1H3/t16?,33-/m1/s1. The number of pyridine rings is 2. The summed E-state index contributed by atoms with van der Waals surface area (Å²) < 4.78 is 58.3. The molecule has 4 heterocycles. The average Bonchev–Trinajstić information content (AvgIpc) is 3.26. The molecule has 13 heteroatoms. The number of carbonyl (C=O) groups excluding carboxylic acids is 2. The first-order valence-corrected chi connectivity index (χ1v) is 11.6. The van der Waals surface area contributed by atoms with Gasteiger partial charge in [-0.05, 0) is 12.1 Å². The van der Waals surface area contributed by atoms with Gasteiger partial charge in [0.15, 0.2) is 12.7 Å². The summed E-state index contributed by atoms with van der Waals surface area (Å²) in [6.45, 7) is -0.855. The number of alkyl halides is 3. The second-order valence-corrected chi connectivity index (χ2v) is 8.92. The molecule has 0 radical (unpaired) electrons. The third-order valence-electron chi connectivity index (χ3n) is 4.99. The third kappa shape index (κ3) is 5.24. The van der Waals surface area contributed by atoms with Gasteiger partial charge in [0.2, 0.25) is 5.88 Å². The van der Waals surface area contributed by atoms with Crippen molar-refractivity contribution in [2.75, 3.05) is 30.2 Å². The zero-order valence-electron chi connectivity index (χ0n) is 17.4. The number of hydrogen-bond acceptors (Lipinski definition) is 7. The van der Waals surface area contributed by atoms with E-state index >= 15 is 0 Å². The van der Waals surface area contributed by atoms with E-state index < -0.39 is 29.7 Å². The molecule has 176 valence electrons. The smallest absolute Gasteiger partial charge is 0.422 e. The van der Waals surface area contributed by atoms with Gasteiger partial charge in [-0.2, -0.15) is 13.2 Å². The van der Waals surface area contributed by atoms with Crippen molar-refractivity contribution in [3.63, 3.8) is 0 Å². The van der Waals surface area contributed by atoms with Crippen LogP contribution < -0.4 is 14.4 Å². The van der Waals surface area contributed by atoms with Crippen molar-refractivity contribution < 1.29 is 36.4 Å². The van der Waals surface area contributed by atoms with Gasteiger partial charge in [-0.25, -0.2) is 4.98 Å². The van der Waals surface area contributed by atoms with Crippen LogP contribution in [0.4, 0.5) is 18.9 Å². The topological polar surface area (TPSA) is 102 Å². The maximum Gasteiger partial charge on any atom is 0.422 e. The van der Waals surface area contributed by atoms with Crippen molar-refractivity contribution in [2.24, 2.45) is 0 Å². The fourth-order valence-corrected chi connectivity index (χ4v) is 4.20. The SMILES string of the molecule is C[S@@](=O)CN1Cc2ncc(N3CCC(Oc4ccc(OCC(F)(F)F)nc4)C3=O)cc2C1=O. The van der Waals surface area contributed by atoms with E-state index in [2.05, 4.69) is 14.7 Å². The molecular weight excluding hydrogens is 465 g/mol. The Hall–Kier alpha value is -3.22. The minimum atomic E-state index is -4.47. The first-order chi connectivity index (χ1) is 15.6. The van der Waals surface area contributed by atoms with Gasteiger partial charge in [-0.1, -0.05) is 0 Å². The van der Waals surface area contributed by atoms with Gasteiger partial charge in [-0.3, -0.25) is 18.8 Å². The van der Waals surface area contributed by atoms with Crippen molar-refractivity contribution in [3.8, 4) is 11.6 Å². The Bertz CT molecular complexity index is 1100. The lowest BCUT2D eigenvalue weighted by atomic mass is 10.2. The molecule has 2 aliphatic rings. The summed E-state index contributed by atoms with van der Waals surface area (Å²) in [5.41, 5.74) is 1.38. The lowest BCUT2D eigenvalue weighted by molar-refractivity contribution is -0.154. The highest BCUT2D eigenvalue weighted by atomic mass is 32.2. The molecule has 0 aromatic carbocycles. The molecule has 2 aromatic heterocycles. The van der Waals surface area contributed by atoms with Gasteiger partial charge < -0.3 is 19.3 Å². The molecule has 4 rings (SSSR count). The van der Waals surface area contributed by atoms with Gasteiger partial charge in [0.25, 0.3) is 11.8 Å². The van der Waals surface area contributed by atoms with Crippen LogP contribution in [-0.2, 0) is 22.1 Å². The number of amides is 2. The maximum absolute atomic E-state index is 12.8. The Morgan fingerprint density at radius 2 is 2.00 bits per heavy atom. The van der Waals surface area contributed by atoms with Crippen LogP contribution in [0.5, 0.6) is 11.6 Å². The molecule has 0 spiro atoms. The van der Waals surface area contributed by atoms with Crippen molar-refractivity contribution in [1.82, 2.24) is 14.9 Å². The lowest BCUT2D eigenvalue weighted by Gasteiger charge is -2.17. The zero-order valence-corrected chi connectivity index (χ0v) is 18.2. The second-order valence-electron chi connectivity index (χ2n) is 7.51. The summed E-state index contributed by atoms with van der Waals surface area (Å²) in [7, 11) is -1.18. The van der Waals surface area contributed by atoms with Gasteiger partial charge in [0, 0.05) is 36.1 Å². The minimum Gasteiger partial charge on any atom is -0.479 e. The number of carbonyl (C=O) groups is 2. The second kappa shape index (κ2) is 8.96. The van der Waals surface area contributed by atoms with E-state index in [9.17, 15) is 27.0 Å². The summed E-state index contributed by atoms with van der Waals surface area (Å²) in [6.07, 6.45) is -0.734. The van der Waals surface area contributed by atoms with Crippen molar-refractivity contribution in [3.05, 3.63) is 41.9 Å². The highest BCUT2D eigenvalue weighted by molar-refractivity contribution is 7.84. The number of halogens is 3. The molecule has 1 fully saturated rings. The molecule has 0 aliphatic carbocycles. The third-order valence-corrected chi connectivity index (χ3v) is 5.67. The molecule has 2 aliphatic heterocycles. The van der Waals surface area contributed by atoms with Crippen molar-refractivity contribution in [2.45, 2.75) is 25.2 Å². The minimum absolute atomic E-state index is 0.108. The van der Waals surface area contributed by atoms with Gasteiger partial charge >= 0.3 is 6.18 Å². The lowest BCUT2D eigenvalue weighted by Crippen LogP contribution is -2.32. The molecule has 1 saturated heterocycles. The van der Waals surface area contributed by atoms with Crippen LogP contribution in [0.1, 0.15) is 22.5 Å². The van der Waals surface area contributed by atoms with Crippen molar-refractivity contribution in [1.29, 1.82) is 0 Å². The fraction of sp³-hybridized carbons (Fsp3) is 0.400. The first kappa shape index (κ1) is 23.0. The molecule has 0 saturated carbocycles. The molecule has 0 N–H and O–H groups in total. The quantitative estimate of drug-likeness (QED) is 0.592. The zero-order chi connectivity index (χ0) is 23.8. The molecule has 33 heavy (non-hydrogen) atoms. The summed E-state index contributed by atoms with van der Waals surface area (Å²) >= 11 is 0. The van der Waals surface area contributed by atoms with E-state index in [0.717, 1.165) is 0 Å².